The maximum Gasteiger partial charge on any atom is 0.169 e. The molecule has 0 unspecified atom stereocenters. The van der Waals surface area contributed by atoms with Crippen LogP contribution in [0.15, 0.2) is 36.4 Å². The largest absolute Gasteiger partial charge is 0.493 e. The van der Waals surface area contributed by atoms with E-state index in [1.54, 1.807) is 36.4 Å². The molecule has 2 aromatic rings. The van der Waals surface area contributed by atoms with Crippen molar-refractivity contribution >= 4 is 11.6 Å². The molecule has 20 heavy (non-hydrogen) atoms. The molecule has 4 nitrogen and oxygen atoms in total. The zero-order chi connectivity index (χ0) is 14.5. The Morgan fingerprint density at radius 2 is 2.00 bits per heavy atom. The average Bonchev–Trinajstić information content (AvgIpc) is 2.48. The SMILES string of the molecule is COc1cc(C#N)ccc1Oc1cccc(Cl)c1CO. The molecule has 0 fully saturated rings. The van der Waals surface area contributed by atoms with Crippen molar-refractivity contribution in [3.8, 4) is 23.3 Å². The molecule has 102 valence electrons. The molecule has 0 saturated carbocycles. The number of aliphatic hydroxyl groups is 1. The first kappa shape index (κ1) is 14.2. The summed E-state index contributed by atoms with van der Waals surface area (Å²) in [6.07, 6.45) is 0. The van der Waals surface area contributed by atoms with E-state index in [0.29, 0.717) is 33.4 Å². The zero-order valence-electron chi connectivity index (χ0n) is 10.8. The highest BCUT2D eigenvalue weighted by Gasteiger charge is 2.11. The Morgan fingerprint density at radius 3 is 2.65 bits per heavy atom. The Labute approximate surface area is 121 Å². The highest BCUT2D eigenvalue weighted by atomic mass is 35.5. The maximum atomic E-state index is 9.35. The van der Waals surface area contributed by atoms with Crippen LogP contribution in [0.2, 0.25) is 5.02 Å². The van der Waals surface area contributed by atoms with Gasteiger partial charge in [0, 0.05) is 16.7 Å². The van der Waals surface area contributed by atoms with E-state index in [0.717, 1.165) is 0 Å². The second-order valence-electron chi connectivity index (χ2n) is 3.95. The van der Waals surface area contributed by atoms with E-state index in [1.807, 2.05) is 6.07 Å². The van der Waals surface area contributed by atoms with Crippen molar-refractivity contribution in [3.63, 3.8) is 0 Å². The minimum Gasteiger partial charge on any atom is -0.493 e. The minimum absolute atomic E-state index is 0.229. The van der Waals surface area contributed by atoms with Crippen LogP contribution in [0.25, 0.3) is 0 Å². The minimum atomic E-state index is -0.229. The standard InChI is InChI=1S/C15H12ClNO3/c1-19-15-7-10(8-17)5-6-14(15)20-13-4-2-3-12(16)11(13)9-18/h2-7,18H,9H2,1H3. The molecule has 2 aromatic carbocycles. The second-order valence-corrected chi connectivity index (χ2v) is 4.36. The van der Waals surface area contributed by atoms with Gasteiger partial charge in [0.05, 0.1) is 25.3 Å². The quantitative estimate of drug-likeness (QED) is 0.935. The first-order chi connectivity index (χ1) is 9.69. The third-order valence-corrected chi connectivity index (χ3v) is 3.10. The lowest BCUT2D eigenvalue weighted by Gasteiger charge is -2.13. The van der Waals surface area contributed by atoms with E-state index in [-0.39, 0.29) is 6.61 Å². The van der Waals surface area contributed by atoms with Crippen molar-refractivity contribution in [2.75, 3.05) is 7.11 Å². The number of benzene rings is 2. The van der Waals surface area contributed by atoms with Gasteiger partial charge in [-0.05, 0) is 24.3 Å². The number of halogens is 1. The van der Waals surface area contributed by atoms with Crippen LogP contribution in [0, 0.1) is 11.3 Å². The normalized spacial score (nSPS) is 9.90. The van der Waals surface area contributed by atoms with Gasteiger partial charge < -0.3 is 14.6 Å². The number of rotatable bonds is 4. The fourth-order valence-corrected chi connectivity index (χ4v) is 1.95. The summed E-state index contributed by atoms with van der Waals surface area (Å²) in [6.45, 7) is -0.229. The zero-order valence-corrected chi connectivity index (χ0v) is 11.5. The number of ether oxygens (including phenoxy) is 2. The van der Waals surface area contributed by atoms with Gasteiger partial charge in [-0.2, -0.15) is 5.26 Å². The fourth-order valence-electron chi connectivity index (χ4n) is 1.73. The lowest BCUT2D eigenvalue weighted by molar-refractivity contribution is 0.276. The summed E-state index contributed by atoms with van der Waals surface area (Å²) in [5, 5.41) is 18.6. The van der Waals surface area contributed by atoms with Gasteiger partial charge in [-0.25, -0.2) is 0 Å². The van der Waals surface area contributed by atoms with E-state index >= 15 is 0 Å². The summed E-state index contributed by atoms with van der Waals surface area (Å²) in [5.74, 6) is 1.33. The van der Waals surface area contributed by atoms with E-state index < -0.39 is 0 Å². The Balaban J connectivity index is 2.40. The van der Waals surface area contributed by atoms with E-state index in [1.165, 1.54) is 7.11 Å². The van der Waals surface area contributed by atoms with Crippen LogP contribution < -0.4 is 9.47 Å². The number of nitrogens with zero attached hydrogens (tertiary/aromatic N) is 1. The molecule has 0 aliphatic carbocycles. The Morgan fingerprint density at radius 1 is 1.20 bits per heavy atom. The Bertz CT molecular complexity index is 665. The average molecular weight is 290 g/mol. The van der Waals surface area contributed by atoms with Crippen molar-refractivity contribution in [1.29, 1.82) is 5.26 Å². The van der Waals surface area contributed by atoms with Crippen LogP contribution in [0.5, 0.6) is 17.2 Å². The third kappa shape index (κ3) is 2.85. The van der Waals surface area contributed by atoms with Gasteiger partial charge >= 0.3 is 0 Å². The monoisotopic (exact) mass is 289 g/mol. The van der Waals surface area contributed by atoms with Crippen molar-refractivity contribution in [3.05, 3.63) is 52.5 Å². The number of methoxy groups -OCH3 is 1. The van der Waals surface area contributed by atoms with Gasteiger partial charge in [0.25, 0.3) is 0 Å². The van der Waals surface area contributed by atoms with Crippen molar-refractivity contribution in [2.24, 2.45) is 0 Å². The Kier molecular flexibility index (Phi) is 4.46. The summed E-state index contributed by atoms with van der Waals surface area (Å²) in [5.41, 5.74) is 0.975. The number of hydrogen-bond acceptors (Lipinski definition) is 4. The van der Waals surface area contributed by atoms with Crippen LogP contribution in [0.4, 0.5) is 0 Å². The van der Waals surface area contributed by atoms with Crippen molar-refractivity contribution < 1.29 is 14.6 Å². The second kappa shape index (κ2) is 6.29. The van der Waals surface area contributed by atoms with E-state index in [4.69, 9.17) is 26.3 Å². The molecule has 0 bridgehead atoms. The highest BCUT2D eigenvalue weighted by Crippen LogP contribution is 2.35. The summed E-state index contributed by atoms with van der Waals surface area (Å²) in [4.78, 5) is 0. The predicted octanol–water partition coefficient (Wildman–Crippen LogP) is 3.50. The van der Waals surface area contributed by atoms with Crippen LogP contribution in [0.3, 0.4) is 0 Å². The third-order valence-electron chi connectivity index (χ3n) is 2.75. The van der Waals surface area contributed by atoms with Crippen LogP contribution in [0.1, 0.15) is 11.1 Å². The molecule has 0 heterocycles. The molecule has 2 rings (SSSR count). The van der Waals surface area contributed by atoms with Gasteiger partial charge in [-0.3, -0.25) is 0 Å². The van der Waals surface area contributed by atoms with Gasteiger partial charge in [0.15, 0.2) is 11.5 Å². The number of nitriles is 1. The van der Waals surface area contributed by atoms with Crippen molar-refractivity contribution in [1.82, 2.24) is 0 Å². The fraction of sp³-hybridized carbons (Fsp3) is 0.133. The topological polar surface area (TPSA) is 62.5 Å². The highest BCUT2D eigenvalue weighted by molar-refractivity contribution is 6.31. The molecule has 0 aliphatic rings. The first-order valence-corrected chi connectivity index (χ1v) is 6.21. The maximum absolute atomic E-state index is 9.35. The molecule has 0 saturated heterocycles. The van der Waals surface area contributed by atoms with Crippen molar-refractivity contribution in [2.45, 2.75) is 6.61 Å². The van der Waals surface area contributed by atoms with E-state index in [2.05, 4.69) is 0 Å². The molecule has 1 N–H and O–H groups in total. The molecular formula is C15H12ClNO3. The summed E-state index contributed by atoms with van der Waals surface area (Å²) in [6, 6.07) is 12.0. The van der Waals surface area contributed by atoms with E-state index in [9.17, 15) is 5.11 Å². The Hall–Kier alpha value is -2.22. The summed E-state index contributed by atoms with van der Waals surface area (Å²) < 4.78 is 10.9. The van der Waals surface area contributed by atoms with Crippen LogP contribution in [-0.2, 0) is 6.61 Å². The molecule has 0 amide bonds. The van der Waals surface area contributed by atoms with Gasteiger partial charge in [0.1, 0.15) is 5.75 Å². The predicted molar refractivity (Wildman–Crippen MR) is 75.2 cm³/mol. The van der Waals surface area contributed by atoms with Gasteiger partial charge in [-0.15, -0.1) is 0 Å². The summed E-state index contributed by atoms with van der Waals surface area (Å²) in [7, 11) is 1.49. The van der Waals surface area contributed by atoms with Gasteiger partial charge in [-0.1, -0.05) is 17.7 Å². The number of aliphatic hydroxyl groups excluding tert-OH is 1. The molecule has 0 atom stereocenters. The summed E-state index contributed by atoms with van der Waals surface area (Å²) >= 11 is 6.00. The molecule has 0 spiro atoms. The molecule has 0 aromatic heterocycles. The lowest BCUT2D eigenvalue weighted by atomic mass is 10.2. The molecule has 5 heteroatoms. The van der Waals surface area contributed by atoms with Gasteiger partial charge in [0.2, 0.25) is 0 Å². The van der Waals surface area contributed by atoms with Crippen LogP contribution >= 0.6 is 11.6 Å². The number of hydrogen-bond donors (Lipinski definition) is 1. The van der Waals surface area contributed by atoms with Crippen LogP contribution in [-0.4, -0.2) is 12.2 Å². The molecule has 0 radical (unpaired) electrons. The smallest absolute Gasteiger partial charge is 0.169 e. The first-order valence-electron chi connectivity index (χ1n) is 5.84. The molecular weight excluding hydrogens is 278 g/mol. The molecule has 0 aliphatic heterocycles. The lowest BCUT2D eigenvalue weighted by Crippen LogP contribution is -1.95.